The molecule has 1 amide bonds. The highest BCUT2D eigenvalue weighted by atomic mass is 35.5. The predicted octanol–water partition coefficient (Wildman–Crippen LogP) is 1.84. The number of halogens is 1. The zero-order chi connectivity index (χ0) is 14.3. The van der Waals surface area contributed by atoms with E-state index in [1.165, 1.54) is 0 Å². The highest BCUT2D eigenvalue weighted by Gasteiger charge is 2.23. The van der Waals surface area contributed by atoms with Crippen molar-refractivity contribution in [3.05, 3.63) is 34.9 Å². The van der Waals surface area contributed by atoms with Gasteiger partial charge in [0.2, 0.25) is 5.91 Å². The summed E-state index contributed by atoms with van der Waals surface area (Å²) >= 11 is 7.03. The van der Waals surface area contributed by atoms with Crippen molar-refractivity contribution in [3.63, 3.8) is 0 Å². The summed E-state index contributed by atoms with van der Waals surface area (Å²) in [5.74, 6) is -1.43. The van der Waals surface area contributed by atoms with Gasteiger partial charge in [0.15, 0.2) is 6.04 Å². The number of nitriles is 1. The SMILES string of the molecule is N#CCSCC(=O)N[C@@H](C(=O)O)c1ccccc1Cl. The first kappa shape index (κ1) is 15.3. The quantitative estimate of drug-likeness (QED) is 0.782. The van der Waals surface area contributed by atoms with E-state index in [1.54, 1.807) is 24.3 Å². The molecule has 1 rings (SSSR count). The van der Waals surface area contributed by atoms with Crippen LogP contribution in [-0.2, 0) is 9.59 Å². The van der Waals surface area contributed by atoms with Crippen LogP contribution in [-0.4, -0.2) is 28.5 Å². The van der Waals surface area contributed by atoms with E-state index in [0.717, 1.165) is 11.8 Å². The lowest BCUT2D eigenvalue weighted by Crippen LogP contribution is -2.35. The number of amides is 1. The molecule has 0 bridgehead atoms. The molecule has 19 heavy (non-hydrogen) atoms. The topological polar surface area (TPSA) is 90.2 Å². The Balaban J connectivity index is 2.75. The summed E-state index contributed by atoms with van der Waals surface area (Å²) in [6.07, 6.45) is 0. The monoisotopic (exact) mass is 298 g/mol. The minimum Gasteiger partial charge on any atom is -0.479 e. The van der Waals surface area contributed by atoms with Crippen molar-refractivity contribution in [3.8, 4) is 6.07 Å². The van der Waals surface area contributed by atoms with Gasteiger partial charge in [0.25, 0.3) is 0 Å². The van der Waals surface area contributed by atoms with E-state index in [9.17, 15) is 9.59 Å². The number of nitrogens with one attached hydrogen (secondary N) is 1. The normalized spacial score (nSPS) is 11.4. The fourth-order valence-corrected chi connectivity index (χ4v) is 2.08. The highest BCUT2D eigenvalue weighted by Crippen LogP contribution is 2.22. The number of rotatable bonds is 6. The van der Waals surface area contributed by atoms with Gasteiger partial charge in [-0.2, -0.15) is 5.26 Å². The van der Waals surface area contributed by atoms with Crippen LogP contribution in [0.15, 0.2) is 24.3 Å². The molecule has 1 aromatic carbocycles. The minimum absolute atomic E-state index is 0.0296. The average Bonchev–Trinajstić information content (AvgIpc) is 2.37. The molecule has 1 aromatic rings. The third kappa shape index (κ3) is 4.81. The number of carbonyl (C=O) groups excluding carboxylic acids is 1. The molecule has 0 fully saturated rings. The maximum atomic E-state index is 11.6. The van der Waals surface area contributed by atoms with Gasteiger partial charge >= 0.3 is 5.97 Å². The average molecular weight is 299 g/mol. The molecule has 5 nitrogen and oxygen atoms in total. The lowest BCUT2D eigenvalue weighted by atomic mass is 10.1. The van der Waals surface area contributed by atoms with Gasteiger partial charge in [0.05, 0.1) is 17.6 Å². The number of aliphatic carboxylic acids is 1. The van der Waals surface area contributed by atoms with Crippen molar-refractivity contribution in [2.24, 2.45) is 0 Å². The number of hydrogen-bond acceptors (Lipinski definition) is 4. The Morgan fingerprint density at radius 3 is 2.74 bits per heavy atom. The molecule has 0 aromatic heterocycles. The molecule has 2 N–H and O–H groups in total. The summed E-state index contributed by atoms with van der Waals surface area (Å²) < 4.78 is 0. The second-order valence-corrected chi connectivity index (χ2v) is 4.90. The second-order valence-electron chi connectivity index (χ2n) is 3.51. The Morgan fingerprint density at radius 1 is 1.47 bits per heavy atom. The van der Waals surface area contributed by atoms with Crippen molar-refractivity contribution in [1.29, 1.82) is 5.26 Å². The Kier molecular flexibility index (Phi) is 6.19. The molecule has 0 aliphatic carbocycles. The van der Waals surface area contributed by atoms with Gasteiger partial charge in [0.1, 0.15) is 0 Å². The van der Waals surface area contributed by atoms with Crippen molar-refractivity contribution < 1.29 is 14.7 Å². The fourth-order valence-electron chi connectivity index (χ4n) is 1.37. The van der Waals surface area contributed by atoms with Gasteiger partial charge in [-0.1, -0.05) is 29.8 Å². The van der Waals surface area contributed by atoms with E-state index >= 15 is 0 Å². The van der Waals surface area contributed by atoms with Crippen LogP contribution in [0.3, 0.4) is 0 Å². The van der Waals surface area contributed by atoms with E-state index in [1.807, 2.05) is 6.07 Å². The summed E-state index contributed by atoms with van der Waals surface area (Å²) in [4.78, 5) is 22.8. The van der Waals surface area contributed by atoms with Gasteiger partial charge in [-0.15, -0.1) is 11.8 Å². The van der Waals surface area contributed by atoms with E-state index in [2.05, 4.69) is 5.32 Å². The van der Waals surface area contributed by atoms with Crippen LogP contribution in [0.2, 0.25) is 5.02 Å². The molecule has 0 saturated heterocycles. The molecule has 0 saturated carbocycles. The smallest absolute Gasteiger partial charge is 0.330 e. The lowest BCUT2D eigenvalue weighted by Gasteiger charge is -2.15. The third-order valence-corrected chi connectivity index (χ3v) is 3.31. The van der Waals surface area contributed by atoms with Crippen molar-refractivity contribution in [1.82, 2.24) is 5.32 Å². The summed E-state index contributed by atoms with van der Waals surface area (Å²) in [6.45, 7) is 0. The Morgan fingerprint density at radius 2 is 2.16 bits per heavy atom. The van der Waals surface area contributed by atoms with E-state index in [0.29, 0.717) is 5.56 Å². The summed E-state index contributed by atoms with van der Waals surface area (Å²) in [5, 5.41) is 20.1. The molecular weight excluding hydrogens is 288 g/mol. The molecule has 7 heteroatoms. The minimum atomic E-state index is -1.19. The van der Waals surface area contributed by atoms with E-state index in [-0.39, 0.29) is 16.5 Å². The second kappa shape index (κ2) is 7.67. The van der Waals surface area contributed by atoms with Crippen LogP contribution in [0.25, 0.3) is 0 Å². The molecule has 0 aliphatic heterocycles. The molecule has 0 unspecified atom stereocenters. The Labute approximate surface area is 119 Å². The largest absolute Gasteiger partial charge is 0.479 e. The van der Waals surface area contributed by atoms with Crippen molar-refractivity contribution in [2.45, 2.75) is 6.04 Å². The molecule has 0 heterocycles. The Hall–Kier alpha value is -1.71. The van der Waals surface area contributed by atoms with Crippen LogP contribution in [0.4, 0.5) is 0 Å². The lowest BCUT2D eigenvalue weighted by molar-refractivity contribution is -0.141. The first-order valence-corrected chi connectivity index (χ1v) is 6.80. The number of carbonyl (C=O) groups is 2. The summed E-state index contributed by atoms with van der Waals surface area (Å²) in [7, 11) is 0. The van der Waals surface area contributed by atoms with Gasteiger partial charge in [-0.05, 0) is 6.07 Å². The molecule has 100 valence electrons. The first-order valence-electron chi connectivity index (χ1n) is 5.27. The van der Waals surface area contributed by atoms with Crippen LogP contribution in [0.5, 0.6) is 0 Å². The van der Waals surface area contributed by atoms with Gasteiger partial charge in [0, 0.05) is 10.6 Å². The third-order valence-electron chi connectivity index (χ3n) is 2.17. The van der Waals surface area contributed by atoms with Gasteiger partial charge in [-0.3, -0.25) is 4.79 Å². The number of carboxylic acids is 1. The first-order chi connectivity index (χ1) is 9.06. The number of nitrogens with zero attached hydrogens (tertiary/aromatic N) is 1. The maximum Gasteiger partial charge on any atom is 0.330 e. The zero-order valence-corrected chi connectivity index (χ0v) is 11.4. The van der Waals surface area contributed by atoms with Gasteiger partial charge in [-0.25, -0.2) is 4.79 Å². The molecular formula is C12H11ClN2O3S. The van der Waals surface area contributed by atoms with Crippen LogP contribution in [0.1, 0.15) is 11.6 Å². The zero-order valence-electron chi connectivity index (χ0n) is 9.80. The number of thioether (sulfide) groups is 1. The maximum absolute atomic E-state index is 11.6. The van der Waals surface area contributed by atoms with E-state index in [4.69, 9.17) is 22.0 Å². The summed E-state index contributed by atoms with van der Waals surface area (Å²) in [5.41, 5.74) is 0.329. The summed E-state index contributed by atoms with van der Waals surface area (Å²) in [6, 6.07) is 7.12. The molecule has 0 radical (unpaired) electrons. The van der Waals surface area contributed by atoms with Crippen molar-refractivity contribution in [2.75, 3.05) is 11.5 Å². The Bertz CT molecular complexity index is 516. The number of carboxylic acid groups (broad SMARTS) is 1. The van der Waals surface area contributed by atoms with Gasteiger partial charge < -0.3 is 10.4 Å². The van der Waals surface area contributed by atoms with Crippen molar-refractivity contribution >= 4 is 35.2 Å². The van der Waals surface area contributed by atoms with Crippen LogP contribution < -0.4 is 5.32 Å². The number of benzene rings is 1. The highest BCUT2D eigenvalue weighted by molar-refractivity contribution is 8.00. The predicted molar refractivity (Wildman–Crippen MR) is 72.9 cm³/mol. The number of hydrogen-bond donors (Lipinski definition) is 2. The van der Waals surface area contributed by atoms with E-state index < -0.39 is 17.9 Å². The van der Waals surface area contributed by atoms with Crippen LogP contribution in [0, 0.1) is 11.3 Å². The molecule has 1 atom stereocenters. The molecule has 0 spiro atoms. The standard InChI is InChI=1S/C12H11ClN2O3S/c13-9-4-2-1-3-8(9)11(12(17)18)15-10(16)7-19-6-5-14/h1-4,11H,6-7H2,(H,15,16)(H,17,18)/t11-/m1/s1. The molecule has 0 aliphatic rings. The fraction of sp³-hybridized carbons (Fsp3) is 0.250. The van der Waals surface area contributed by atoms with Crippen LogP contribution >= 0.6 is 23.4 Å².